The first-order valence-corrected chi connectivity index (χ1v) is 18.4. The summed E-state index contributed by atoms with van der Waals surface area (Å²) in [6.45, 7) is 11.5. The zero-order valence-electron chi connectivity index (χ0n) is 28.5. The van der Waals surface area contributed by atoms with E-state index in [-0.39, 0.29) is 58.2 Å². The Labute approximate surface area is 275 Å². The van der Waals surface area contributed by atoms with Gasteiger partial charge < -0.3 is 28.9 Å². The molecule has 0 saturated heterocycles. The summed E-state index contributed by atoms with van der Waals surface area (Å²) in [6.07, 6.45) is 8.79. The average Bonchev–Trinajstić information content (AvgIpc) is 3.37. The van der Waals surface area contributed by atoms with E-state index in [0.29, 0.717) is 24.8 Å². The molecular weight excluding hydrogens is 608 g/mol. The molecule has 0 bridgehead atoms. The van der Waals surface area contributed by atoms with Gasteiger partial charge in [0.1, 0.15) is 11.4 Å². The Hall–Kier alpha value is -2.67. The van der Waals surface area contributed by atoms with Gasteiger partial charge in [-0.1, -0.05) is 31.3 Å². The summed E-state index contributed by atoms with van der Waals surface area (Å²) in [5.41, 5.74) is 0.677. The Balaban J connectivity index is 1.63. The average molecular weight is 663 g/mol. The lowest BCUT2D eigenvalue weighted by atomic mass is 9.89. The van der Waals surface area contributed by atoms with E-state index >= 15 is 0 Å². The molecule has 11 nitrogen and oxygen atoms in total. The molecule has 1 fully saturated rings. The van der Waals surface area contributed by atoms with E-state index in [4.69, 9.17) is 14.0 Å². The van der Waals surface area contributed by atoms with Crippen LogP contribution in [0.5, 0.6) is 5.75 Å². The number of aromatic nitrogens is 1. The smallest absolute Gasteiger partial charge is 0.267 e. The molecule has 0 radical (unpaired) electrons. The number of likely N-dealkylation sites (N-methyl/N-ethyl adjacent to an activating group) is 1. The zero-order chi connectivity index (χ0) is 33.4. The number of amides is 1. The van der Waals surface area contributed by atoms with Crippen molar-refractivity contribution in [2.24, 2.45) is 11.8 Å². The Morgan fingerprint density at radius 1 is 1.09 bits per heavy atom. The Morgan fingerprint density at radius 3 is 2.48 bits per heavy atom. The maximum absolute atomic E-state index is 14.4. The van der Waals surface area contributed by atoms with E-state index in [9.17, 15) is 18.3 Å². The molecule has 1 aliphatic heterocycles. The number of benzene rings is 1. The number of aryl methyl sites for hydroxylation is 2. The third-order valence-corrected chi connectivity index (χ3v) is 11.0. The van der Waals surface area contributed by atoms with Crippen LogP contribution in [0, 0.1) is 25.7 Å². The second-order valence-corrected chi connectivity index (χ2v) is 15.1. The van der Waals surface area contributed by atoms with Gasteiger partial charge in [-0.25, -0.2) is 8.42 Å². The monoisotopic (exact) mass is 662 g/mol. The molecule has 46 heavy (non-hydrogen) atoms. The van der Waals surface area contributed by atoms with Gasteiger partial charge >= 0.3 is 0 Å². The number of carbonyl (C=O) groups is 1. The number of ether oxygens (including phenoxy) is 2. The molecule has 0 unspecified atom stereocenters. The first-order valence-electron chi connectivity index (χ1n) is 16.9. The van der Waals surface area contributed by atoms with Gasteiger partial charge in [0.2, 0.25) is 0 Å². The quantitative estimate of drug-likeness (QED) is 0.362. The van der Waals surface area contributed by atoms with Crippen molar-refractivity contribution in [3.63, 3.8) is 0 Å². The summed E-state index contributed by atoms with van der Waals surface area (Å²) >= 11 is 0. The molecule has 1 aromatic heterocycles. The Kier molecular flexibility index (Phi) is 12.9. The van der Waals surface area contributed by atoms with Gasteiger partial charge in [0.25, 0.3) is 15.9 Å². The fraction of sp³-hybridized carbons (Fsp3) is 0.706. The number of aliphatic hydroxyl groups excluding tert-OH is 1. The van der Waals surface area contributed by atoms with E-state index in [0.717, 1.165) is 32.4 Å². The van der Waals surface area contributed by atoms with Crippen LogP contribution in [-0.4, -0.2) is 92.5 Å². The molecule has 1 aliphatic carbocycles. The van der Waals surface area contributed by atoms with Gasteiger partial charge in [0.15, 0.2) is 10.7 Å². The second-order valence-electron chi connectivity index (χ2n) is 13.5. The summed E-state index contributed by atoms with van der Waals surface area (Å²) in [5, 5.41) is 14.0. The first kappa shape index (κ1) is 36.2. The molecule has 2 heterocycles. The second kappa shape index (κ2) is 16.4. The molecule has 2 N–H and O–H groups in total. The standard InChI is InChI=1S/C34H54N4O7S/c1-23-19-38(24(2)22-39)34(40)30-18-29(36-46(41,42)33-26(4)35-45-27(33)5)15-16-31(30)44-25(3)12-10-11-17-43-32(23)21-37(6)20-28-13-8-7-9-14-28/h15-16,18,23-25,28,32,36,39H,7-14,17,19-22H2,1-6H3/t23-,24+,25-,32-/m0/s1. The summed E-state index contributed by atoms with van der Waals surface area (Å²) < 4.78 is 47.1. The van der Waals surface area contributed by atoms with Crippen LogP contribution in [0.4, 0.5) is 5.69 Å². The fourth-order valence-electron chi connectivity index (χ4n) is 6.71. The molecular formula is C34H54N4O7S. The van der Waals surface area contributed by atoms with E-state index in [1.165, 1.54) is 45.1 Å². The van der Waals surface area contributed by atoms with Gasteiger partial charge in [-0.3, -0.25) is 9.52 Å². The molecule has 0 spiro atoms. The van der Waals surface area contributed by atoms with E-state index in [2.05, 4.69) is 28.8 Å². The SMILES string of the molecule is Cc1noc(C)c1S(=O)(=O)Nc1ccc2c(c1)C(=O)N([C@H](C)CO)C[C@H](C)[C@H](CN(C)CC1CCCCC1)OCCCC[C@H](C)O2. The summed E-state index contributed by atoms with van der Waals surface area (Å²) in [6, 6.07) is 4.25. The first-order chi connectivity index (χ1) is 21.9. The van der Waals surface area contributed by atoms with Crippen molar-refractivity contribution in [1.82, 2.24) is 15.0 Å². The van der Waals surface area contributed by atoms with Gasteiger partial charge in [0.05, 0.1) is 30.4 Å². The lowest BCUT2D eigenvalue weighted by Gasteiger charge is -2.36. The highest BCUT2D eigenvalue weighted by Gasteiger charge is 2.31. The van der Waals surface area contributed by atoms with Gasteiger partial charge in [-0.15, -0.1) is 0 Å². The fourth-order valence-corrected chi connectivity index (χ4v) is 8.09. The van der Waals surface area contributed by atoms with Crippen molar-refractivity contribution in [2.75, 3.05) is 44.6 Å². The number of anilines is 1. The molecule has 1 amide bonds. The highest BCUT2D eigenvalue weighted by atomic mass is 32.2. The van der Waals surface area contributed by atoms with E-state index < -0.39 is 16.1 Å². The lowest BCUT2D eigenvalue weighted by molar-refractivity contribution is -0.0190. The number of sulfonamides is 1. The molecule has 12 heteroatoms. The maximum Gasteiger partial charge on any atom is 0.267 e. The predicted molar refractivity (Wildman–Crippen MR) is 178 cm³/mol. The van der Waals surface area contributed by atoms with E-state index in [1.54, 1.807) is 24.0 Å². The van der Waals surface area contributed by atoms with Gasteiger partial charge in [-0.05, 0) is 91.0 Å². The number of carbonyl (C=O) groups excluding carboxylic acids is 1. The zero-order valence-corrected chi connectivity index (χ0v) is 29.3. The van der Waals surface area contributed by atoms with Crippen LogP contribution in [0.3, 0.4) is 0 Å². The Bertz CT molecular complexity index is 1370. The minimum atomic E-state index is -4.04. The molecule has 1 aromatic carbocycles. The minimum Gasteiger partial charge on any atom is -0.490 e. The number of fused-ring (bicyclic) bond motifs is 1. The maximum atomic E-state index is 14.4. The lowest BCUT2D eigenvalue weighted by Crippen LogP contribution is -2.47. The molecule has 258 valence electrons. The number of nitrogens with zero attached hydrogens (tertiary/aromatic N) is 3. The third-order valence-electron chi connectivity index (χ3n) is 9.33. The molecule has 4 rings (SSSR count). The highest BCUT2D eigenvalue weighted by molar-refractivity contribution is 7.92. The van der Waals surface area contributed by atoms with Crippen molar-refractivity contribution in [3.8, 4) is 5.75 Å². The van der Waals surface area contributed by atoms with Crippen LogP contribution in [0.1, 0.15) is 93.9 Å². The van der Waals surface area contributed by atoms with Crippen LogP contribution in [-0.2, 0) is 14.8 Å². The highest BCUT2D eigenvalue weighted by Crippen LogP contribution is 2.31. The van der Waals surface area contributed by atoms with Crippen LogP contribution >= 0.6 is 0 Å². The Morgan fingerprint density at radius 2 is 1.80 bits per heavy atom. The number of hydrogen-bond acceptors (Lipinski definition) is 9. The van der Waals surface area contributed by atoms with E-state index in [1.807, 2.05) is 13.8 Å². The molecule has 2 aromatic rings. The number of hydrogen-bond donors (Lipinski definition) is 2. The molecule has 1 saturated carbocycles. The third kappa shape index (κ3) is 9.45. The van der Waals surface area contributed by atoms with Crippen molar-refractivity contribution < 1.29 is 32.3 Å². The summed E-state index contributed by atoms with van der Waals surface area (Å²) in [5.74, 6) is 0.883. The normalized spacial score (nSPS) is 23.4. The van der Waals surface area contributed by atoms with Crippen molar-refractivity contribution in [2.45, 2.75) is 109 Å². The molecule has 4 atom stereocenters. The van der Waals surface area contributed by atoms with Crippen LogP contribution in [0.2, 0.25) is 0 Å². The van der Waals surface area contributed by atoms with Crippen LogP contribution < -0.4 is 9.46 Å². The van der Waals surface area contributed by atoms with Crippen LogP contribution in [0.25, 0.3) is 0 Å². The topological polar surface area (TPSA) is 134 Å². The van der Waals surface area contributed by atoms with Crippen molar-refractivity contribution in [1.29, 1.82) is 0 Å². The summed E-state index contributed by atoms with van der Waals surface area (Å²) in [4.78, 5) is 18.4. The largest absolute Gasteiger partial charge is 0.490 e. The van der Waals surface area contributed by atoms with Crippen LogP contribution in [0.15, 0.2) is 27.6 Å². The number of aliphatic hydroxyl groups is 1. The van der Waals surface area contributed by atoms with Crippen molar-refractivity contribution >= 4 is 21.6 Å². The van der Waals surface area contributed by atoms with Crippen molar-refractivity contribution in [3.05, 3.63) is 35.2 Å². The minimum absolute atomic E-state index is 0.0285. The van der Waals surface area contributed by atoms with Gasteiger partial charge in [0, 0.05) is 37.8 Å². The van der Waals surface area contributed by atoms with Gasteiger partial charge in [-0.2, -0.15) is 0 Å². The molecule has 2 aliphatic rings. The predicted octanol–water partition coefficient (Wildman–Crippen LogP) is 5.40. The summed E-state index contributed by atoms with van der Waals surface area (Å²) in [7, 11) is -1.88. The number of nitrogens with one attached hydrogen (secondary N) is 1. The number of rotatable bonds is 9.